The lowest BCUT2D eigenvalue weighted by atomic mass is 10.1. The minimum atomic E-state index is -3.73. The molecule has 0 fully saturated rings. The number of nitrogens with one attached hydrogen (secondary N) is 1. The maximum Gasteiger partial charge on any atom is 0.305 e. The quantitative estimate of drug-likeness (QED) is 0.756. The van der Waals surface area contributed by atoms with Crippen LogP contribution in [0.25, 0.3) is 0 Å². The molecule has 0 saturated carbocycles. The molecule has 2 N–H and O–H groups in total. The molecule has 8 heteroatoms. The van der Waals surface area contributed by atoms with Gasteiger partial charge in [0.15, 0.2) is 0 Å². The number of hydrogen-bond acceptors (Lipinski definition) is 4. The van der Waals surface area contributed by atoms with Crippen LogP contribution in [0, 0.1) is 13.8 Å². The summed E-state index contributed by atoms with van der Waals surface area (Å²) in [6.45, 7) is 3.84. The Morgan fingerprint density at radius 1 is 1.04 bits per heavy atom. The van der Waals surface area contributed by atoms with Gasteiger partial charge in [0.25, 0.3) is 15.9 Å². The number of amides is 1. The van der Waals surface area contributed by atoms with Crippen molar-refractivity contribution in [1.82, 2.24) is 4.90 Å². The van der Waals surface area contributed by atoms with Crippen molar-refractivity contribution >= 4 is 27.6 Å². The lowest BCUT2D eigenvalue weighted by molar-refractivity contribution is -0.137. The summed E-state index contributed by atoms with van der Waals surface area (Å²) in [5.41, 5.74) is 2.56. The monoisotopic (exact) mass is 390 g/mol. The van der Waals surface area contributed by atoms with Crippen molar-refractivity contribution in [2.75, 3.05) is 18.3 Å². The number of anilines is 1. The summed E-state index contributed by atoms with van der Waals surface area (Å²) in [5.74, 6) is -1.31. The third-order valence-corrected chi connectivity index (χ3v) is 5.56. The van der Waals surface area contributed by atoms with Crippen molar-refractivity contribution in [3.63, 3.8) is 0 Å². The van der Waals surface area contributed by atoms with E-state index in [9.17, 15) is 18.0 Å². The number of rotatable bonds is 7. The second-order valence-corrected chi connectivity index (χ2v) is 7.98. The normalized spacial score (nSPS) is 11.1. The van der Waals surface area contributed by atoms with Gasteiger partial charge in [-0.25, -0.2) is 8.42 Å². The first-order chi connectivity index (χ1) is 12.6. The van der Waals surface area contributed by atoms with Crippen molar-refractivity contribution in [2.45, 2.75) is 25.2 Å². The van der Waals surface area contributed by atoms with Gasteiger partial charge in [-0.15, -0.1) is 0 Å². The number of aryl methyl sites for hydroxylation is 2. The average Bonchev–Trinajstić information content (AvgIpc) is 2.61. The van der Waals surface area contributed by atoms with E-state index in [0.717, 1.165) is 11.1 Å². The second-order valence-electron chi connectivity index (χ2n) is 6.30. The topological polar surface area (TPSA) is 104 Å². The smallest absolute Gasteiger partial charge is 0.305 e. The van der Waals surface area contributed by atoms with Crippen LogP contribution in [0.5, 0.6) is 0 Å². The molecule has 0 bridgehead atoms. The van der Waals surface area contributed by atoms with Gasteiger partial charge in [-0.2, -0.15) is 0 Å². The Bertz CT molecular complexity index is 953. The van der Waals surface area contributed by atoms with Crippen molar-refractivity contribution in [3.05, 3.63) is 59.2 Å². The van der Waals surface area contributed by atoms with E-state index >= 15 is 0 Å². The van der Waals surface area contributed by atoms with Gasteiger partial charge in [0.05, 0.1) is 11.3 Å². The van der Waals surface area contributed by atoms with Gasteiger partial charge in [0.2, 0.25) is 0 Å². The Balaban J connectivity index is 2.11. The van der Waals surface area contributed by atoms with Gasteiger partial charge in [0, 0.05) is 24.8 Å². The molecule has 0 unspecified atom stereocenters. The second kappa shape index (κ2) is 8.22. The fourth-order valence-corrected chi connectivity index (χ4v) is 3.50. The molecule has 0 aliphatic heterocycles. The van der Waals surface area contributed by atoms with Crippen LogP contribution in [0.2, 0.25) is 0 Å². The number of carbonyl (C=O) groups is 2. The predicted molar refractivity (Wildman–Crippen MR) is 102 cm³/mol. The zero-order chi connectivity index (χ0) is 20.2. The standard InChI is InChI=1S/C19H22N2O5S/c1-13-4-9-17(12-14(13)2)27(25,26)20-16-7-5-15(6-8-16)19(24)21(3)11-10-18(22)23/h4-9,12,20H,10-11H2,1-3H3,(H,22,23). The first-order valence-corrected chi connectivity index (χ1v) is 9.76. The fourth-order valence-electron chi connectivity index (χ4n) is 2.36. The highest BCUT2D eigenvalue weighted by atomic mass is 32.2. The lowest BCUT2D eigenvalue weighted by Gasteiger charge is -2.16. The van der Waals surface area contributed by atoms with Crippen molar-refractivity contribution in [1.29, 1.82) is 0 Å². The average molecular weight is 390 g/mol. The number of benzene rings is 2. The molecule has 0 atom stereocenters. The summed E-state index contributed by atoms with van der Waals surface area (Å²) in [7, 11) is -2.22. The van der Waals surface area contributed by atoms with Crippen molar-refractivity contribution in [2.24, 2.45) is 0 Å². The van der Waals surface area contributed by atoms with E-state index in [1.807, 2.05) is 13.8 Å². The SMILES string of the molecule is Cc1ccc(S(=O)(=O)Nc2ccc(C(=O)N(C)CCC(=O)O)cc2)cc1C. The van der Waals surface area contributed by atoms with E-state index in [-0.39, 0.29) is 23.8 Å². The fraction of sp³-hybridized carbons (Fsp3) is 0.263. The molecule has 0 saturated heterocycles. The van der Waals surface area contributed by atoms with E-state index < -0.39 is 16.0 Å². The highest BCUT2D eigenvalue weighted by molar-refractivity contribution is 7.92. The zero-order valence-electron chi connectivity index (χ0n) is 15.4. The number of sulfonamides is 1. The summed E-state index contributed by atoms with van der Waals surface area (Å²) in [4.78, 5) is 24.3. The van der Waals surface area contributed by atoms with Gasteiger partial charge in [0.1, 0.15) is 0 Å². The molecular weight excluding hydrogens is 368 g/mol. The summed E-state index contributed by atoms with van der Waals surface area (Å²) in [6.07, 6.45) is -0.143. The Morgan fingerprint density at radius 2 is 1.67 bits per heavy atom. The van der Waals surface area contributed by atoms with Crippen LogP contribution in [-0.2, 0) is 14.8 Å². The Labute approximate surface area is 158 Å². The predicted octanol–water partition coefficient (Wildman–Crippen LogP) is 2.65. The minimum Gasteiger partial charge on any atom is -0.481 e. The Morgan fingerprint density at radius 3 is 2.22 bits per heavy atom. The summed E-state index contributed by atoms with van der Waals surface area (Å²) in [5, 5.41) is 8.68. The molecule has 0 aliphatic carbocycles. The Kier molecular flexibility index (Phi) is 6.22. The maximum absolute atomic E-state index is 12.5. The van der Waals surface area contributed by atoms with E-state index in [1.165, 1.54) is 36.2 Å². The van der Waals surface area contributed by atoms with Gasteiger partial charge in [-0.05, 0) is 61.4 Å². The number of hydrogen-bond donors (Lipinski definition) is 2. The molecule has 144 valence electrons. The highest BCUT2D eigenvalue weighted by Gasteiger charge is 2.16. The molecule has 1 amide bonds. The number of nitrogens with zero attached hydrogens (tertiary/aromatic N) is 1. The third-order valence-electron chi connectivity index (χ3n) is 4.18. The number of carboxylic acid groups (broad SMARTS) is 1. The van der Waals surface area contributed by atoms with E-state index in [4.69, 9.17) is 5.11 Å². The summed E-state index contributed by atoms with van der Waals surface area (Å²) in [6, 6.07) is 10.9. The first kappa shape index (κ1) is 20.4. The van der Waals surface area contributed by atoms with Crippen LogP contribution in [-0.4, -0.2) is 43.9 Å². The molecule has 0 heterocycles. The van der Waals surface area contributed by atoms with Gasteiger partial charge < -0.3 is 10.0 Å². The van der Waals surface area contributed by atoms with Crippen LogP contribution in [0.3, 0.4) is 0 Å². The molecule has 2 aromatic rings. The first-order valence-electron chi connectivity index (χ1n) is 8.27. The third kappa shape index (κ3) is 5.30. The largest absolute Gasteiger partial charge is 0.481 e. The number of carboxylic acids is 1. The van der Waals surface area contributed by atoms with Crippen LogP contribution < -0.4 is 4.72 Å². The molecule has 2 aromatic carbocycles. The molecule has 27 heavy (non-hydrogen) atoms. The van der Waals surface area contributed by atoms with Crippen LogP contribution in [0.4, 0.5) is 5.69 Å². The number of carbonyl (C=O) groups excluding carboxylic acids is 1. The van der Waals surface area contributed by atoms with Crippen LogP contribution in [0.1, 0.15) is 27.9 Å². The van der Waals surface area contributed by atoms with Crippen LogP contribution in [0.15, 0.2) is 47.4 Å². The number of aliphatic carboxylic acids is 1. The summed E-state index contributed by atoms with van der Waals surface area (Å²) >= 11 is 0. The molecule has 0 spiro atoms. The molecule has 0 aliphatic rings. The lowest BCUT2D eigenvalue weighted by Crippen LogP contribution is -2.29. The zero-order valence-corrected chi connectivity index (χ0v) is 16.2. The van der Waals surface area contributed by atoms with Gasteiger partial charge in [-0.3, -0.25) is 14.3 Å². The van der Waals surface area contributed by atoms with Crippen molar-refractivity contribution in [3.8, 4) is 0 Å². The van der Waals surface area contributed by atoms with Crippen molar-refractivity contribution < 1.29 is 23.1 Å². The van der Waals surface area contributed by atoms with Crippen LogP contribution >= 0.6 is 0 Å². The Hall–Kier alpha value is -2.87. The summed E-state index contributed by atoms with van der Waals surface area (Å²) < 4.78 is 27.5. The molecule has 2 rings (SSSR count). The van der Waals surface area contributed by atoms with Gasteiger partial charge in [-0.1, -0.05) is 6.07 Å². The molecule has 7 nitrogen and oxygen atoms in total. The van der Waals surface area contributed by atoms with E-state index in [0.29, 0.717) is 11.3 Å². The van der Waals surface area contributed by atoms with E-state index in [2.05, 4.69) is 4.72 Å². The molecular formula is C19H22N2O5S. The highest BCUT2D eigenvalue weighted by Crippen LogP contribution is 2.19. The van der Waals surface area contributed by atoms with E-state index in [1.54, 1.807) is 18.2 Å². The minimum absolute atomic E-state index is 0.0926. The van der Waals surface area contributed by atoms with Gasteiger partial charge >= 0.3 is 5.97 Å². The molecule has 0 aromatic heterocycles. The molecule has 0 radical (unpaired) electrons. The maximum atomic E-state index is 12.5.